The van der Waals surface area contributed by atoms with Crippen molar-refractivity contribution in [3.63, 3.8) is 0 Å². The van der Waals surface area contributed by atoms with E-state index in [2.05, 4.69) is 5.32 Å². The summed E-state index contributed by atoms with van der Waals surface area (Å²) in [6.07, 6.45) is 4.41. The molecule has 0 aromatic heterocycles. The molecule has 29 heavy (non-hydrogen) atoms. The van der Waals surface area contributed by atoms with Crippen molar-refractivity contribution in [1.82, 2.24) is 0 Å². The van der Waals surface area contributed by atoms with Crippen LogP contribution in [0.15, 0.2) is 42.5 Å². The van der Waals surface area contributed by atoms with Crippen molar-refractivity contribution in [2.45, 2.75) is 64.8 Å². The first-order valence-corrected chi connectivity index (χ1v) is 10.1. The smallest absolute Gasteiger partial charge is 0.412 e. The number of nitrogen functional groups attached to an aromatic ring is 1. The van der Waals surface area contributed by atoms with E-state index in [1.54, 1.807) is 24.3 Å². The molecule has 0 atom stereocenters. The molecule has 0 unspecified atom stereocenters. The Morgan fingerprint density at radius 1 is 1.10 bits per heavy atom. The van der Waals surface area contributed by atoms with Crippen LogP contribution in [-0.4, -0.2) is 17.8 Å². The Hall–Kier alpha value is -2.89. The van der Waals surface area contributed by atoms with Crippen molar-refractivity contribution in [2.24, 2.45) is 0 Å². The normalized spacial score (nSPS) is 14.4. The maximum atomic E-state index is 11.8. The monoisotopic (exact) mass is 398 g/mol. The van der Waals surface area contributed by atoms with Gasteiger partial charge in [-0.25, -0.2) is 4.79 Å². The zero-order valence-electron chi connectivity index (χ0n) is 17.4. The third-order valence-corrected chi connectivity index (χ3v) is 4.57. The molecule has 0 aliphatic heterocycles. The average molecular weight is 399 g/mol. The summed E-state index contributed by atoms with van der Waals surface area (Å²) in [5.74, 6) is 1.52. The Morgan fingerprint density at radius 2 is 1.79 bits per heavy atom. The molecule has 156 valence electrons. The summed E-state index contributed by atoms with van der Waals surface area (Å²) in [4.78, 5) is 11.8. The predicted octanol–water partition coefficient (Wildman–Crippen LogP) is 5.52. The van der Waals surface area contributed by atoms with Gasteiger partial charge in [-0.15, -0.1) is 0 Å². The zero-order chi connectivity index (χ0) is 20.9. The number of nitrogens with one attached hydrogen (secondary N) is 1. The van der Waals surface area contributed by atoms with Gasteiger partial charge in [-0.1, -0.05) is 0 Å². The van der Waals surface area contributed by atoms with Crippen molar-refractivity contribution in [2.75, 3.05) is 11.1 Å². The van der Waals surface area contributed by atoms with Gasteiger partial charge in [-0.05, 0) is 88.9 Å². The third-order valence-electron chi connectivity index (χ3n) is 4.57. The minimum atomic E-state index is -0.539. The highest BCUT2D eigenvalue weighted by atomic mass is 16.6. The van der Waals surface area contributed by atoms with Crippen LogP contribution in [0.5, 0.6) is 11.5 Å². The van der Waals surface area contributed by atoms with Crippen LogP contribution in [0.2, 0.25) is 0 Å². The molecule has 3 rings (SSSR count). The van der Waals surface area contributed by atoms with E-state index < -0.39 is 11.7 Å². The third kappa shape index (κ3) is 6.59. The molecule has 0 bridgehead atoms. The van der Waals surface area contributed by atoms with Gasteiger partial charge in [0.05, 0.1) is 6.10 Å². The summed E-state index contributed by atoms with van der Waals surface area (Å²) in [5, 5.41) is 2.70. The Bertz CT molecular complexity index is 822. The van der Waals surface area contributed by atoms with E-state index in [0.29, 0.717) is 23.7 Å². The zero-order valence-corrected chi connectivity index (χ0v) is 17.4. The fraction of sp³-hybridized carbons (Fsp3) is 0.435. The van der Waals surface area contributed by atoms with Crippen molar-refractivity contribution >= 4 is 17.5 Å². The van der Waals surface area contributed by atoms with E-state index in [-0.39, 0.29) is 6.10 Å². The number of carbonyl (C=O) groups is 1. The summed E-state index contributed by atoms with van der Waals surface area (Å²) >= 11 is 0. The maximum Gasteiger partial charge on any atom is 0.412 e. The number of ether oxygens (including phenoxy) is 3. The Labute approximate surface area is 172 Å². The first kappa shape index (κ1) is 20.8. The lowest BCUT2D eigenvalue weighted by Crippen LogP contribution is -2.27. The lowest BCUT2D eigenvalue weighted by atomic mass is 10.2. The number of benzene rings is 2. The van der Waals surface area contributed by atoms with Crippen LogP contribution in [0.1, 0.15) is 52.0 Å². The van der Waals surface area contributed by atoms with Crippen LogP contribution in [0.25, 0.3) is 0 Å². The van der Waals surface area contributed by atoms with Crippen LogP contribution in [0, 0.1) is 0 Å². The first-order chi connectivity index (χ1) is 13.8. The van der Waals surface area contributed by atoms with Crippen molar-refractivity contribution in [1.29, 1.82) is 0 Å². The van der Waals surface area contributed by atoms with Gasteiger partial charge in [0.1, 0.15) is 23.7 Å². The molecule has 2 aromatic carbocycles. The number of anilines is 2. The molecular weight excluding hydrogens is 368 g/mol. The number of hydrogen-bond acceptors (Lipinski definition) is 5. The molecule has 0 saturated heterocycles. The lowest BCUT2D eigenvalue weighted by Gasteiger charge is -2.19. The van der Waals surface area contributed by atoms with Gasteiger partial charge in [0.2, 0.25) is 0 Å². The van der Waals surface area contributed by atoms with Crippen LogP contribution in [-0.2, 0) is 11.3 Å². The molecule has 1 aliphatic rings. The lowest BCUT2D eigenvalue weighted by molar-refractivity contribution is 0.0636. The summed E-state index contributed by atoms with van der Waals surface area (Å²) in [6, 6.07) is 12.8. The predicted molar refractivity (Wildman–Crippen MR) is 114 cm³/mol. The molecule has 2 aromatic rings. The standard InChI is InChI=1S/C23H30N2O4/c1-23(2,3)29-22(26)25-18-9-11-19(12-10-18)27-15-16-14-17(24)8-13-21(16)28-20-6-4-5-7-20/h8-14,20H,4-7,15,24H2,1-3H3,(H,25,26). The SMILES string of the molecule is CC(C)(C)OC(=O)Nc1ccc(OCc2cc(N)ccc2OC2CCCC2)cc1. The fourth-order valence-corrected chi connectivity index (χ4v) is 3.23. The number of rotatable bonds is 6. The minimum Gasteiger partial charge on any atom is -0.490 e. The number of nitrogens with two attached hydrogens (primary N) is 1. The fourth-order valence-electron chi connectivity index (χ4n) is 3.23. The van der Waals surface area contributed by atoms with Gasteiger partial charge < -0.3 is 19.9 Å². The Kier molecular flexibility index (Phi) is 6.52. The molecule has 1 amide bonds. The molecule has 6 heteroatoms. The van der Waals surface area contributed by atoms with E-state index in [1.807, 2.05) is 39.0 Å². The van der Waals surface area contributed by atoms with E-state index in [0.717, 1.165) is 24.2 Å². The van der Waals surface area contributed by atoms with E-state index >= 15 is 0 Å². The summed E-state index contributed by atoms with van der Waals surface area (Å²) in [7, 11) is 0. The van der Waals surface area contributed by atoms with Crippen LogP contribution < -0.4 is 20.5 Å². The second-order valence-electron chi connectivity index (χ2n) is 8.33. The van der Waals surface area contributed by atoms with Gasteiger partial charge in [0.15, 0.2) is 0 Å². The van der Waals surface area contributed by atoms with E-state index in [9.17, 15) is 4.79 Å². The molecule has 6 nitrogen and oxygen atoms in total. The molecular formula is C23H30N2O4. The van der Waals surface area contributed by atoms with Gasteiger partial charge in [0, 0.05) is 16.9 Å². The summed E-state index contributed by atoms with van der Waals surface area (Å²) in [6.45, 7) is 5.82. The van der Waals surface area contributed by atoms with Crippen molar-refractivity contribution in [3.8, 4) is 11.5 Å². The molecule has 0 radical (unpaired) electrons. The van der Waals surface area contributed by atoms with Gasteiger partial charge >= 0.3 is 6.09 Å². The molecule has 0 heterocycles. The summed E-state index contributed by atoms with van der Waals surface area (Å²) in [5.41, 5.74) is 7.66. The Morgan fingerprint density at radius 3 is 2.45 bits per heavy atom. The highest BCUT2D eigenvalue weighted by Crippen LogP contribution is 2.29. The van der Waals surface area contributed by atoms with Crippen LogP contribution in [0.4, 0.5) is 16.2 Å². The topological polar surface area (TPSA) is 82.8 Å². The Balaban J connectivity index is 1.58. The second kappa shape index (κ2) is 9.07. The largest absolute Gasteiger partial charge is 0.490 e. The van der Waals surface area contributed by atoms with Gasteiger partial charge in [-0.3, -0.25) is 5.32 Å². The number of amides is 1. The average Bonchev–Trinajstić information content (AvgIpc) is 3.14. The van der Waals surface area contributed by atoms with Crippen LogP contribution >= 0.6 is 0 Å². The van der Waals surface area contributed by atoms with E-state index in [1.165, 1.54) is 12.8 Å². The van der Waals surface area contributed by atoms with E-state index in [4.69, 9.17) is 19.9 Å². The van der Waals surface area contributed by atoms with Gasteiger partial charge in [-0.2, -0.15) is 0 Å². The molecule has 1 saturated carbocycles. The number of hydrogen-bond donors (Lipinski definition) is 2. The first-order valence-electron chi connectivity index (χ1n) is 10.1. The molecule has 0 spiro atoms. The highest BCUT2D eigenvalue weighted by Gasteiger charge is 2.18. The minimum absolute atomic E-state index is 0.274. The maximum absolute atomic E-state index is 11.8. The second-order valence-corrected chi connectivity index (χ2v) is 8.33. The highest BCUT2D eigenvalue weighted by molar-refractivity contribution is 5.84. The molecule has 1 aliphatic carbocycles. The van der Waals surface area contributed by atoms with Gasteiger partial charge in [0.25, 0.3) is 0 Å². The van der Waals surface area contributed by atoms with Crippen molar-refractivity contribution < 1.29 is 19.0 Å². The summed E-state index contributed by atoms with van der Waals surface area (Å²) < 4.78 is 17.3. The molecule has 3 N–H and O–H groups in total. The molecule has 1 fully saturated rings. The quantitative estimate of drug-likeness (QED) is 0.626. The van der Waals surface area contributed by atoms with Crippen molar-refractivity contribution in [3.05, 3.63) is 48.0 Å². The number of carbonyl (C=O) groups excluding carboxylic acids is 1. The van der Waals surface area contributed by atoms with Crippen LogP contribution in [0.3, 0.4) is 0 Å².